The Morgan fingerprint density at radius 2 is 2.00 bits per heavy atom. The summed E-state index contributed by atoms with van der Waals surface area (Å²) >= 11 is 1.32. The summed E-state index contributed by atoms with van der Waals surface area (Å²) in [6, 6.07) is 9.29. The van der Waals surface area contributed by atoms with Crippen molar-refractivity contribution in [2.45, 2.75) is 11.3 Å². The summed E-state index contributed by atoms with van der Waals surface area (Å²) in [6.07, 6.45) is 3.15. The van der Waals surface area contributed by atoms with Crippen LogP contribution in [0.4, 0.5) is 0 Å². The summed E-state index contributed by atoms with van der Waals surface area (Å²) in [5.41, 5.74) is 0. The maximum absolute atomic E-state index is 12.2. The number of benzene rings is 1. The van der Waals surface area contributed by atoms with Crippen LogP contribution in [-0.4, -0.2) is 52.8 Å². The quantitative estimate of drug-likeness (QED) is 0.616. The Morgan fingerprint density at radius 3 is 2.78 bits per heavy atom. The molecule has 6 nitrogen and oxygen atoms in total. The molecule has 1 aromatic carbocycles. The monoisotopic (exact) mass is 331 g/mol. The third-order valence-corrected chi connectivity index (χ3v) is 4.20. The van der Waals surface area contributed by atoms with Crippen LogP contribution in [0.3, 0.4) is 0 Å². The molecule has 1 aromatic heterocycles. The topological polar surface area (TPSA) is 64.6 Å². The molecule has 0 radical (unpaired) electrons. The molecule has 0 spiro atoms. The van der Waals surface area contributed by atoms with E-state index in [0.717, 1.165) is 11.5 Å². The van der Waals surface area contributed by atoms with Gasteiger partial charge in [0.25, 0.3) is 0 Å². The molecule has 1 aliphatic heterocycles. The summed E-state index contributed by atoms with van der Waals surface area (Å²) < 4.78 is 11.5. The van der Waals surface area contributed by atoms with Crippen molar-refractivity contribution in [1.29, 1.82) is 0 Å². The fourth-order valence-corrected chi connectivity index (χ4v) is 2.90. The van der Waals surface area contributed by atoms with Gasteiger partial charge in [0.1, 0.15) is 6.61 Å². The molecule has 1 aliphatic rings. The number of hydrogen-bond acceptors (Lipinski definition) is 6. The van der Waals surface area contributed by atoms with E-state index in [2.05, 4.69) is 9.97 Å². The smallest absolute Gasteiger partial charge is 0.232 e. The Bertz CT molecular complexity index is 669. The first-order chi connectivity index (χ1) is 11.2. The van der Waals surface area contributed by atoms with Gasteiger partial charge in [-0.2, -0.15) is 0 Å². The number of para-hydroxylation sites is 2. The number of fused-ring (bicyclic) bond motifs is 1. The third kappa shape index (κ3) is 4.13. The van der Waals surface area contributed by atoms with Crippen molar-refractivity contribution in [3.05, 3.63) is 42.7 Å². The lowest BCUT2D eigenvalue weighted by Gasteiger charge is -2.29. The molecule has 3 rings (SSSR count). The fourth-order valence-electron chi connectivity index (χ4n) is 2.16. The Labute approximate surface area is 138 Å². The maximum Gasteiger partial charge on any atom is 0.232 e. The van der Waals surface area contributed by atoms with Crippen molar-refractivity contribution >= 4 is 17.7 Å². The standard InChI is InChI=1S/C16H17N3O3S/c1-19(15(20)11-23-16-17-7-4-8-18-16)9-12-10-21-13-5-2-3-6-14(13)22-12/h2-8,12H,9-11H2,1H3/t12-/m0/s1. The normalized spacial score (nSPS) is 16.0. The van der Waals surface area contributed by atoms with Crippen LogP contribution >= 0.6 is 11.8 Å². The number of rotatable bonds is 5. The molecule has 120 valence electrons. The average molecular weight is 331 g/mol. The number of aromatic nitrogens is 2. The zero-order chi connectivity index (χ0) is 16.1. The highest BCUT2D eigenvalue weighted by atomic mass is 32.2. The van der Waals surface area contributed by atoms with E-state index in [4.69, 9.17) is 9.47 Å². The number of thioether (sulfide) groups is 1. The van der Waals surface area contributed by atoms with Gasteiger partial charge in [-0.3, -0.25) is 4.79 Å². The summed E-state index contributed by atoms with van der Waals surface area (Å²) in [5, 5.41) is 0.598. The van der Waals surface area contributed by atoms with E-state index >= 15 is 0 Å². The number of ether oxygens (including phenoxy) is 2. The van der Waals surface area contributed by atoms with Gasteiger partial charge in [-0.25, -0.2) is 9.97 Å². The van der Waals surface area contributed by atoms with Crippen LogP contribution in [0.25, 0.3) is 0 Å². The van der Waals surface area contributed by atoms with Crippen LogP contribution in [0.2, 0.25) is 0 Å². The second kappa shape index (κ2) is 7.32. The van der Waals surface area contributed by atoms with E-state index in [0.29, 0.717) is 24.1 Å². The van der Waals surface area contributed by atoms with Crippen LogP contribution in [0.5, 0.6) is 11.5 Å². The first kappa shape index (κ1) is 15.6. The number of nitrogens with zero attached hydrogens (tertiary/aromatic N) is 3. The van der Waals surface area contributed by atoms with Crippen molar-refractivity contribution in [3.8, 4) is 11.5 Å². The summed E-state index contributed by atoms with van der Waals surface area (Å²) in [5.74, 6) is 1.76. The molecule has 0 N–H and O–H groups in total. The van der Waals surface area contributed by atoms with Crippen molar-refractivity contribution < 1.29 is 14.3 Å². The van der Waals surface area contributed by atoms with Crippen molar-refractivity contribution in [3.63, 3.8) is 0 Å². The van der Waals surface area contributed by atoms with Gasteiger partial charge in [0.15, 0.2) is 22.8 Å². The van der Waals surface area contributed by atoms with E-state index in [1.165, 1.54) is 11.8 Å². The van der Waals surface area contributed by atoms with Crippen LogP contribution in [0, 0.1) is 0 Å². The summed E-state index contributed by atoms with van der Waals surface area (Å²) in [6.45, 7) is 0.910. The van der Waals surface area contributed by atoms with Gasteiger partial charge in [0.2, 0.25) is 5.91 Å². The van der Waals surface area contributed by atoms with Gasteiger partial charge in [-0.05, 0) is 18.2 Å². The molecular weight excluding hydrogens is 314 g/mol. The highest BCUT2D eigenvalue weighted by Gasteiger charge is 2.23. The van der Waals surface area contributed by atoms with E-state index in [1.54, 1.807) is 30.4 Å². The molecule has 7 heteroatoms. The SMILES string of the molecule is CN(C[C@H]1COc2ccccc2O1)C(=O)CSc1ncccn1. The van der Waals surface area contributed by atoms with Gasteiger partial charge in [-0.1, -0.05) is 23.9 Å². The lowest BCUT2D eigenvalue weighted by molar-refractivity contribution is -0.128. The molecule has 2 aromatic rings. The van der Waals surface area contributed by atoms with Crippen LogP contribution in [0.15, 0.2) is 47.9 Å². The van der Waals surface area contributed by atoms with E-state index < -0.39 is 0 Å². The molecule has 0 aliphatic carbocycles. The first-order valence-corrected chi connectivity index (χ1v) is 8.23. The second-order valence-electron chi connectivity index (χ2n) is 5.09. The van der Waals surface area contributed by atoms with Crippen LogP contribution in [0.1, 0.15) is 0 Å². The first-order valence-electron chi connectivity index (χ1n) is 7.24. The molecule has 1 amide bonds. The molecule has 0 bridgehead atoms. The predicted octanol–water partition coefficient (Wildman–Crippen LogP) is 1.87. The molecular formula is C16H17N3O3S. The minimum Gasteiger partial charge on any atom is -0.486 e. The van der Waals surface area contributed by atoms with Crippen LogP contribution < -0.4 is 9.47 Å². The number of carbonyl (C=O) groups excluding carboxylic acids is 1. The molecule has 0 fully saturated rings. The van der Waals surface area contributed by atoms with Crippen molar-refractivity contribution in [1.82, 2.24) is 14.9 Å². The lowest BCUT2D eigenvalue weighted by atomic mass is 10.2. The third-order valence-electron chi connectivity index (χ3n) is 3.34. The number of carbonyl (C=O) groups is 1. The lowest BCUT2D eigenvalue weighted by Crippen LogP contribution is -2.42. The molecule has 0 saturated heterocycles. The Kier molecular flexibility index (Phi) is 4.97. The average Bonchev–Trinajstić information content (AvgIpc) is 2.60. The number of likely N-dealkylation sites (N-methyl/N-ethyl adjacent to an activating group) is 1. The zero-order valence-corrected chi connectivity index (χ0v) is 13.5. The largest absolute Gasteiger partial charge is 0.486 e. The fraction of sp³-hybridized carbons (Fsp3) is 0.312. The Morgan fingerprint density at radius 1 is 1.26 bits per heavy atom. The summed E-state index contributed by atoms with van der Waals surface area (Å²) in [7, 11) is 1.76. The molecule has 0 saturated carbocycles. The van der Waals surface area contributed by atoms with E-state index in [9.17, 15) is 4.79 Å². The van der Waals surface area contributed by atoms with Gasteiger partial charge in [0.05, 0.1) is 12.3 Å². The van der Waals surface area contributed by atoms with E-state index in [1.807, 2.05) is 24.3 Å². The summed E-state index contributed by atoms with van der Waals surface area (Å²) in [4.78, 5) is 22.0. The zero-order valence-electron chi connectivity index (χ0n) is 12.7. The Balaban J connectivity index is 1.49. The number of hydrogen-bond donors (Lipinski definition) is 0. The minimum absolute atomic E-state index is 0.00455. The van der Waals surface area contributed by atoms with Crippen molar-refractivity contribution in [2.75, 3.05) is 26.0 Å². The van der Waals surface area contributed by atoms with Gasteiger partial charge in [0, 0.05) is 19.4 Å². The van der Waals surface area contributed by atoms with Gasteiger partial charge < -0.3 is 14.4 Å². The number of amides is 1. The molecule has 23 heavy (non-hydrogen) atoms. The molecule has 1 atom stereocenters. The Hall–Kier alpha value is -2.28. The maximum atomic E-state index is 12.2. The van der Waals surface area contributed by atoms with Crippen LogP contribution in [-0.2, 0) is 4.79 Å². The van der Waals surface area contributed by atoms with Crippen molar-refractivity contribution in [2.24, 2.45) is 0 Å². The van der Waals surface area contributed by atoms with Gasteiger partial charge >= 0.3 is 0 Å². The second-order valence-corrected chi connectivity index (χ2v) is 6.03. The van der Waals surface area contributed by atoms with Gasteiger partial charge in [-0.15, -0.1) is 0 Å². The molecule has 2 heterocycles. The highest BCUT2D eigenvalue weighted by Crippen LogP contribution is 2.30. The predicted molar refractivity (Wildman–Crippen MR) is 86.7 cm³/mol. The molecule has 0 unspecified atom stereocenters. The minimum atomic E-state index is -0.170. The van der Waals surface area contributed by atoms with E-state index in [-0.39, 0.29) is 12.0 Å². The highest BCUT2D eigenvalue weighted by molar-refractivity contribution is 7.99.